The van der Waals surface area contributed by atoms with Crippen molar-refractivity contribution in [3.63, 3.8) is 0 Å². The van der Waals surface area contributed by atoms with Crippen LogP contribution in [0.4, 0.5) is 0 Å². The fraction of sp³-hybridized carbons (Fsp3) is 0.429. The molecule has 1 aromatic carbocycles. The number of rotatable bonds is 3. The Bertz CT molecular complexity index is 563. The average Bonchev–Trinajstić information content (AvgIpc) is 2.81. The number of ether oxygens (including phenoxy) is 1. The molecule has 1 N–H and O–H groups in total. The van der Waals surface area contributed by atoms with E-state index in [0.717, 1.165) is 35.8 Å². The van der Waals surface area contributed by atoms with Crippen molar-refractivity contribution in [1.82, 2.24) is 14.8 Å². The minimum atomic E-state index is -0.289. The summed E-state index contributed by atoms with van der Waals surface area (Å²) in [5.74, 6) is 2.65. The summed E-state index contributed by atoms with van der Waals surface area (Å²) in [6, 6.07) is 7.92. The number of hydrogen-bond acceptors (Lipinski definition) is 4. The highest BCUT2D eigenvalue weighted by atomic mass is 16.5. The third-order valence-corrected chi connectivity index (χ3v) is 3.40. The summed E-state index contributed by atoms with van der Waals surface area (Å²) in [7, 11) is 1.66. The average molecular weight is 259 g/mol. The Morgan fingerprint density at radius 1 is 1.37 bits per heavy atom. The summed E-state index contributed by atoms with van der Waals surface area (Å²) in [5.41, 5.74) is 1.16. The Hall–Kier alpha value is -1.88. The predicted molar refractivity (Wildman–Crippen MR) is 70.1 cm³/mol. The van der Waals surface area contributed by atoms with Crippen LogP contribution in [0, 0.1) is 0 Å². The first-order valence-corrected chi connectivity index (χ1v) is 6.48. The lowest BCUT2D eigenvalue weighted by molar-refractivity contribution is 0.124. The lowest BCUT2D eigenvalue weighted by Gasteiger charge is -2.16. The van der Waals surface area contributed by atoms with Gasteiger partial charge in [0.25, 0.3) is 0 Å². The molecule has 0 aliphatic carbocycles. The van der Waals surface area contributed by atoms with Gasteiger partial charge in [-0.05, 0) is 24.1 Å². The number of benzene rings is 1. The van der Waals surface area contributed by atoms with Crippen LogP contribution in [0.1, 0.15) is 23.6 Å². The van der Waals surface area contributed by atoms with E-state index in [0.29, 0.717) is 13.0 Å². The minimum Gasteiger partial charge on any atom is -0.497 e. The van der Waals surface area contributed by atoms with Crippen LogP contribution in [0.25, 0.3) is 0 Å². The van der Waals surface area contributed by atoms with Gasteiger partial charge >= 0.3 is 0 Å². The molecule has 1 unspecified atom stereocenters. The quantitative estimate of drug-likeness (QED) is 0.899. The van der Waals surface area contributed by atoms with Crippen LogP contribution >= 0.6 is 0 Å². The highest BCUT2D eigenvalue weighted by molar-refractivity contribution is 5.28. The van der Waals surface area contributed by atoms with Crippen molar-refractivity contribution in [3.05, 3.63) is 41.5 Å². The summed E-state index contributed by atoms with van der Waals surface area (Å²) in [6.07, 6.45) is 2.00. The predicted octanol–water partition coefficient (Wildman–Crippen LogP) is 1.18. The summed E-state index contributed by atoms with van der Waals surface area (Å²) in [6.45, 7) is 0.560. The van der Waals surface area contributed by atoms with Crippen LogP contribution < -0.4 is 4.74 Å². The third kappa shape index (κ3) is 2.61. The van der Waals surface area contributed by atoms with E-state index in [4.69, 9.17) is 4.74 Å². The van der Waals surface area contributed by atoms with Crippen LogP contribution in [0.5, 0.6) is 5.75 Å². The second-order valence-corrected chi connectivity index (χ2v) is 4.84. The molecule has 2 aromatic rings. The number of aryl methyl sites for hydroxylation is 1. The van der Waals surface area contributed by atoms with Gasteiger partial charge in [0, 0.05) is 12.8 Å². The van der Waals surface area contributed by atoms with E-state index in [1.54, 1.807) is 7.11 Å². The number of aromatic nitrogens is 3. The van der Waals surface area contributed by atoms with Crippen molar-refractivity contribution < 1.29 is 9.84 Å². The van der Waals surface area contributed by atoms with E-state index in [-0.39, 0.29) is 6.10 Å². The highest BCUT2D eigenvalue weighted by Gasteiger charge is 2.19. The normalized spacial score (nSPS) is 18.1. The topological polar surface area (TPSA) is 60.2 Å². The second kappa shape index (κ2) is 5.01. The van der Waals surface area contributed by atoms with Gasteiger partial charge in [0.15, 0.2) is 5.82 Å². The molecule has 1 aliphatic heterocycles. The monoisotopic (exact) mass is 259 g/mol. The molecular formula is C14H17N3O2. The fourth-order valence-corrected chi connectivity index (χ4v) is 2.34. The Kier molecular flexibility index (Phi) is 3.21. The van der Waals surface area contributed by atoms with Gasteiger partial charge in [-0.15, -0.1) is 0 Å². The van der Waals surface area contributed by atoms with Crippen LogP contribution in [0.2, 0.25) is 0 Å². The maximum absolute atomic E-state index is 9.61. The number of fused-ring (bicyclic) bond motifs is 1. The molecule has 5 nitrogen and oxygen atoms in total. The van der Waals surface area contributed by atoms with Gasteiger partial charge in [0.1, 0.15) is 11.6 Å². The van der Waals surface area contributed by atoms with Crippen molar-refractivity contribution in [2.24, 2.45) is 0 Å². The molecule has 0 spiro atoms. The first kappa shape index (κ1) is 12.2. The fourth-order valence-electron chi connectivity index (χ4n) is 2.34. The summed E-state index contributed by atoms with van der Waals surface area (Å²) < 4.78 is 6.96. The number of aliphatic hydroxyl groups excluding tert-OH is 1. The summed E-state index contributed by atoms with van der Waals surface area (Å²) in [4.78, 5) is 4.53. The maximum atomic E-state index is 9.61. The number of methoxy groups -OCH3 is 1. The van der Waals surface area contributed by atoms with Crippen LogP contribution in [-0.2, 0) is 19.4 Å². The first-order valence-electron chi connectivity index (χ1n) is 6.48. The largest absolute Gasteiger partial charge is 0.497 e. The molecule has 100 valence electrons. The maximum Gasteiger partial charge on any atom is 0.155 e. The molecule has 3 rings (SSSR count). The Balaban J connectivity index is 1.76. The van der Waals surface area contributed by atoms with Crippen molar-refractivity contribution in [2.45, 2.75) is 31.9 Å². The molecule has 0 fully saturated rings. The molecule has 5 heteroatoms. The van der Waals surface area contributed by atoms with Crippen molar-refractivity contribution >= 4 is 0 Å². The molecule has 0 radical (unpaired) electrons. The second-order valence-electron chi connectivity index (χ2n) is 4.84. The molecule has 1 aromatic heterocycles. The number of aliphatic hydroxyl groups is 1. The molecule has 0 amide bonds. The van der Waals surface area contributed by atoms with E-state index in [2.05, 4.69) is 10.1 Å². The SMILES string of the molecule is COc1ccc(Cc2nc3n(n2)CC(O)CC3)cc1. The van der Waals surface area contributed by atoms with Gasteiger partial charge in [0.2, 0.25) is 0 Å². The van der Waals surface area contributed by atoms with E-state index in [9.17, 15) is 5.11 Å². The lowest BCUT2D eigenvalue weighted by atomic mass is 10.1. The standard InChI is InChI=1S/C14H17N3O2/c1-19-12-5-2-10(3-6-12)8-13-15-14-7-4-11(18)9-17(14)16-13/h2-3,5-6,11,18H,4,7-9H2,1H3. The molecule has 1 atom stereocenters. The number of nitrogens with zero attached hydrogens (tertiary/aromatic N) is 3. The van der Waals surface area contributed by atoms with Gasteiger partial charge in [-0.25, -0.2) is 9.67 Å². The van der Waals surface area contributed by atoms with Crippen LogP contribution in [0.3, 0.4) is 0 Å². The van der Waals surface area contributed by atoms with E-state index in [1.165, 1.54) is 0 Å². The molecule has 0 saturated heterocycles. The van der Waals surface area contributed by atoms with E-state index in [1.807, 2.05) is 28.9 Å². The molecular weight excluding hydrogens is 242 g/mol. The zero-order chi connectivity index (χ0) is 13.2. The molecule has 0 bridgehead atoms. The zero-order valence-corrected chi connectivity index (χ0v) is 10.9. The van der Waals surface area contributed by atoms with Gasteiger partial charge in [0.05, 0.1) is 19.8 Å². The molecule has 1 aliphatic rings. The smallest absolute Gasteiger partial charge is 0.155 e. The number of hydrogen-bond donors (Lipinski definition) is 1. The molecule has 2 heterocycles. The molecule has 19 heavy (non-hydrogen) atoms. The van der Waals surface area contributed by atoms with Crippen molar-refractivity contribution in [2.75, 3.05) is 7.11 Å². The minimum absolute atomic E-state index is 0.289. The van der Waals surface area contributed by atoms with Gasteiger partial charge in [-0.3, -0.25) is 0 Å². The summed E-state index contributed by atoms with van der Waals surface area (Å²) >= 11 is 0. The van der Waals surface area contributed by atoms with Crippen molar-refractivity contribution in [1.29, 1.82) is 0 Å². The van der Waals surface area contributed by atoms with Gasteiger partial charge in [-0.2, -0.15) is 5.10 Å². The third-order valence-electron chi connectivity index (χ3n) is 3.40. The van der Waals surface area contributed by atoms with Gasteiger partial charge in [-0.1, -0.05) is 12.1 Å². The van der Waals surface area contributed by atoms with E-state index >= 15 is 0 Å². The molecule has 0 saturated carbocycles. The first-order chi connectivity index (χ1) is 9.24. The van der Waals surface area contributed by atoms with E-state index < -0.39 is 0 Å². The van der Waals surface area contributed by atoms with Gasteiger partial charge < -0.3 is 9.84 Å². The van der Waals surface area contributed by atoms with Crippen molar-refractivity contribution in [3.8, 4) is 5.75 Å². The Labute approximate surface area is 111 Å². The summed E-state index contributed by atoms with van der Waals surface area (Å²) in [5, 5.41) is 14.1. The zero-order valence-electron chi connectivity index (χ0n) is 10.9. The Morgan fingerprint density at radius 2 is 2.16 bits per heavy atom. The highest BCUT2D eigenvalue weighted by Crippen LogP contribution is 2.16. The van der Waals surface area contributed by atoms with Crippen LogP contribution in [-0.4, -0.2) is 33.1 Å². The Morgan fingerprint density at radius 3 is 2.89 bits per heavy atom. The van der Waals surface area contributed by atoms with Crippen LogP contribution in [0.15, 0.2) is 24.3 Å². The lowest BCUT2D eigenvalue weighted by Crippen LogP contribution is -2.25.